The van der Waals surface area contributed by atoms with Gasteiger partial charge in [0, 0.05) is 21.8 Å². The summed E-state index contributed by atoms with van der Waals surface area (Å²) in [5.74, 6) is -0.370. The Morgan fingerprint density at radius 1 is 0.933 bits per heavy atom. The first-order chi connectivity index (χ1) is 14.5. The minimum absolute atomic E-state index is 0.168. The van der Waals surface area contributed by atoms with Gasteiger partial charge in [-0.15, -0.1) is 11.3 Å². The molecule has 0 fully saturated rings. The third-order valence-corrected chi connectivity index (χ3v) is 5.93. The quantitative estimate of drug-likeness (QED) is 0.371. The van der Waals surface area contributed by atoms with E-state index in [2.05, 4.69) is 10.6 Å². The largest absolute Gasteiger partial charge is 0.397 e. The zero-order chi connectivity index (χ0) is 21.1. The summed E-state index contributed by atoms with van der Waals surface area (Å²) >= 11 is 7.25. The number of nitrogens with one attached hydrogen (secondary N) is 2. The van der Waals surface area contributed by atoms with Crippen LogP contribution in [0.5, 0.6) is 0 Å². The molecule has 4 rings (SSSR count). The molecule has 1 heterocycles. The van der Waals surface area contributed by atoms with Gasteiger partial charge < -0.3 is 16.4 Å². The minimum atomic E-state index is -0.202. The van der Waals surface area contributed by atoms with Gasteiger partial charge in [-0.05, 0) is 59.5 Å². The first-order valence-corrected chi connectivity index (χ1v) is 10.4. The summed E-state index contributed by atoms with van der Waals surface area (Å²) in [6.07, 6.45) is 0. The summed E-state index contributed by atoms with van der Waals surface area (Å²) in [5, 5.41) is 7.30. The van der Waals surface area contributed by atoms with Gasteiger partial charge in [0.15, 0.2) is 0 Å². The van der Waals surface area contributed by atoms with Crippen LogP contribution in [0, 0.1) is 0 Å². The van der Waals surface area contributed by atoms with Crippen LogP contribution < -0.4 is 16.4 Å². The number of para-hydroxylation sites is 2. The van der Waals surface area contributed by atoms with Crippen molar-refractivity contribution in [3.8, 4) is 0 Å². The van der Waals surface area contributed by atoms with Crippen LogP contribution in [0.3, 0.4) is 0 Å². The van der Waals surface area contributed by atoms with Crippen LogP contribution >= 0.6 is 22.9 Å². The molecule has 30 heavy (non-hydrogen) atoms. The molecule has 5 nitrogen and oxygen atoms in total. The molecule has 3 aromatic carbocycles. The second-order valence-corrected chi connectivity index (χ2v) is 8.23. The van der Waals surface area contributed by atoms with Crippen molar-refractivity contribution in [3.05, 3.63) is 93.8 Å². The second kappa shape index (κ2) is 8.57. The number of rotatable bonds is 5. The van der Waals surface area contributed by atoms with Crippen molar-refractivity contribution in [2.24, 2.45) is 0 Å². The number of hydrogen-bond donors (Lipinski definition) is 3. The first kappa shape index (κ1) is 19.9. The maximum absolute atomic E-state index is 12.6. The van der Waals surface area contributed by atoms with Crippen LogP contribution in [-0.4, -0.2) is 11.8 Å². The molecular formula is C23H18ClN3O2S. The number of hydrogen-bond acceptors (Lipinski definition) is 4. The van der Waals surface area contributed by atoms with E-state index >= 15 is 0 Å². The zero-order valence-electron chi connectivity index (χ0n) is 15.8. The highest BCUT2D eigenvalue weighted by molar-refractivity contribution is 7.20. The van der Waals surface area contributed by atoms with Crippen LogP contribution in [-0.2, 0) is 6.54 Å². The highest BCUT2D eigenvalue weighted by atomic mass is 35.5. The lowest BCUT2D eigenvalue weighted by molar-refractivity contribution is 0.0950. The Hall–Kier alpha value is -3.35. The second-order valence-electron chi connectivity index (χ2n) is 6.71. The summed E-state index contributed by atoms with van der Waals surface area (Å²) in [6.45, 7) is 0.386. The van der Waals surface area contributed by atoms with Gasteiger partial charge in [-0.2, -0.15) is 0 Å². The lowest BCUT2D eigenvalue weighted by Gasteiger charge is -2.06. The van der Waals surface area contributed by atoms with E-state index in [9.17, 15) is 9.59 Å². The summed E-state index contributed by atoms with van der Waals surface area (Å²) < 4.78 is 0.972. The van der Waals surface area contributed by atoms with E-state index in [1.807, 2.05) is 36.4 Å². The Balaban J connectivity index is 1.45. The molecule has 1 aromatic heterocycles. The molecule has 4 N–H and O–H groups in total. The van der Waals surface area contributed by atoms with E-state index in [1.54, 1.807) is 36.4 Å². The smallest absolute Gasteiger partial charge is 0.265 e. The van der Waals surface area contributed by atoms with Crippen molar-refractivity contribution in [3.63, 3.8) is 0 Å². The summed E-state index contributed by atoms with van der Waals surface area (Å²) in [7, 11) is 0. The molecule has 0 atom stereocenters. The number of carbonyl (C=O) groups excluding carboxylic acids is 2. The SMILES string of the molecule is Nc1ccccc1NC(=O)c1cc2ccc(CNC(=O)c3ccc(Cl)cc3)cc2s1. The number of nitrogens with two attached hydrogens (primary N) is 1. The van der Waals surface area contributed by atoms with Crippen LogP contribution in [0.15, 0.2) is 72.8 Å². The number of anilines is 2. The topological polar surface area (TPSA) is 84.2 Å². The van der Waals surface area contributed by atoms with Crippen molar-refractivity contribution in [1.29, 1.82) is 0 Å². The Morgan fingerprint density at radius 3 is 2.47 bits per heavy atom. The average Bonchev–Trinajstić information content (AvgIpc) is 3.18. The van der Waals surface area contributed by atoms with Gasteiger partial charge in [0.05, 0.1) is 16.3 Å². The summed E-state index contributed by atoms with van der Waals surface area (Å²) in [5.41, 5.74) is 8.51. The van der Waals surface area contributed by atoms with Gasteiger partial charge in [0.25, 0.3) is 11.8 Å². The van der Waals surface area contributed by atoms with Crippen molar-refractivity contribution in [1.82, 2.24) is 5.32 Å². The molecule has 0 bridgehead atoms. The van der Waals surface area contributed by atoms with Gasteiger partial charge in [0.2, 0.25) is 0 Å². The normalized spacial score (nSPS) is 10.7. The maximum Gasteiger partial charge on any atom is 0.265 e. The number of nitrogen functional groups attached to an aromatic ring is 1. The monoisotopic (exact) mass is 435 g/mol. The first-order valence-electron chi connectivity index (χ1n) is 9.22. The van der Waals surface area contributed by atoms with Gasteiger partial charge in [-0.1, -0.05) is 35.9 Å². The van der Waals surface area contributed by atoms with E-state index in [0.29, 0.717) is 33.4 Å². The minimum Gasteiger partial charge on any atom is -0.397 e. The fourth-order valence-electron chi connectivity index (χ4n) is 2.98. The van der Waals surface area contributed by atoms with Crippen LogP contribution in [0.1, 0.15) is 25.6 Å². The van der Waals surface area contributed by atoms with Gasteiger partial charge >= 0.3 is 0 Å². The zero-order valence-corrected chi connectivity index (χ0v) is 17.4. The fraction of sp³-hybridized carbons (Fsp3) is 0.0435. The van der Waals surface area contributed by atoms with Gasteiger partial charge in [0.1, 0.15) is 0 Å². The van der Waals surface area contributed by atoms with Crippen LogP contribution in [0.4, 0.5) is 11.4 Å². The molecule has 0 saturated carbocycles. The Morgan fingerprint density at radius 2 is 1.70 bits per heavy atom. The molecule has 150 valence electrons. The maximum atomic E-state index is 12.6. The van der Waals surface area contributed by atoms with E-state index in [1.165, 1.54) is 11.3 Å². The van der Waals surface area contributed by atoms with Crippen molar-refractivity contribution >= 4 is 56.2 Å². The summed E-state index contributed by atoms with van der Waals surface area (Å²) in [4.78, 5) is 25.5. The molecule has 0 aliphatic rings. The van der Waals surface area contributed by atoms with Crippen molar-refractivity contribution in [2.75, 3.05) is 11.1 Å². The molecule has 7 heteroatoms. The third kappa shape index (κ3) is 4.45. The predicted molar refractivity (Wildman–Crippen MR) is 123 cm³/mol. The van der Waals surface area contributed by atoms with E-state index < -0.39 is 0 Å². The number of fused-ring (bicyclic) bond motifs is 1. The molecule has 0 saturated heterocycles. The molecule has 0 aliphatic carbocycles. The Kier molecular flexibility index (Phi) is 5.70. The highest BCUT2D eigenvalue weighted by Gasteiger charge is 2.12. The van der Waals surface area contributed by atoms with E-state index in [0.717, 1.165) is 15.6 Å². The number of thiophene rings is 1. The number of benzene rings is 3. The third-order valence-electron chi connectivity index (χ3n) is 4.58. The number of carbonyl (C=O) groups is 2. The predicted octanol–water partition coefficient (Wildman–Crippen LogP) is 5.32. The standard InChI is InChI=1S/C23H18ClN3O2S/c24-17-9-7-15(8-10-17)22(28)26-13-14-5-6-16-12-21(30-20(16)11-14)23(29)27-19-4-2-1-3-18(19)25/h1-12H,13,25H2,(H,26,28)(H,27,29). The lowest BCUT2D eigenvalue weighted by atomic mass is 10.1. The highest BCUT2D eigenvalue weighted by Crippen LogP contribution is 2.28. The summed E-state index contributed by atoms with van der Waals surface area (Å²) in [6, 6.07) is 21.6. The van der Waals surface area contributed by atoms with Crippen molar-refractivity contribution in [2.45, 2.75) is 6.54 Å². The van der Waals surface area contributed by atoms with Crippen LogP contribution in [0.25, 0.3) is 10.1 Å². The number of amides is 2. The van der Waals surface area contributed by atoms with E-state index in [4.69, 9.17) is 17.3 Å². The lowest BCUT2D eigenvalue weighted by Crippen LogP contribution is -2.22. The van der Waals surface area contributed by atoms with Crippen molar-refractivity contribution < 1.29 is 9.59 Å². The van der Waals surface area contributed by atoms with Crippen LogP contribution in [0.2, 0.25) is 5.02 Å². The number of halogens is 1. The molecule has 0 spiro atoms. The average molecular weight is 436 g/mol. The molecule has 4 aromatic rings. The molecule has 0 radical (unpaired) electrons. The Labute approximate surface area is 182 Å². The van der Waals surface area contributed by atoms with Gasteiger partial charge in [-0.25, -0.2) is 0 Å². The molecule has 0 unspecified atom stereocenters. The molecule has 0 aliphatic heterocycles. The van der Waals surface area contributed by atoms with E-state index in [-0.39, 0.29) is 11.8 Å². The van der Waals surface area contributed by atoms with Gasteiger partial charge in [-0.3, -0.25) is 9.59 Å². The Bertz CT molecular complexity index is 1230. The fourth-order valence-corrected chi connectivity index (χ4v) is 4.13. The molecular weight excluding hydrogens is 418 g/mol. The molecule has 2 amide bonds.